The maximum absolute atomic E-state index is 11.8. The van der Waals surface area contributed by atoms with Crippen molar-refractivity contribution >= 4 is 34.9 Å². The highest BCUT2D eigenvalue weighted by atomic mass is 35.5. The minimum Gasteiger partial charge on any atom is -0.462 e. The Morgan fingerprint density at radius 3 is 2.67 bits per heavy atom. The number of hydrogen-bond donors (Lipinski definition) is 1. The molecule has 0 saturated carbocycles. The second-order valence-corrected chi connectivity index (χ2v) is 4.99. The molecule has 2 N–H and O–H groups in total. The van der Waals surface area contributed by atoms with Gasteiger partial charge in [0.25, 0.3) is 0 Å². The normalized spacial score (nSPS) is 10.2. The van der Waals surface area contributed by atoms with Crippen molar-refractivity contribution in [2.45, 2.75) is 6.92 Å². The number of nitrogen functional groups attached to an aromatic ring is 1. The third kappa shape index (κ3) is 3.80. The zero-order valence-electron chi connectivity index (χ0n) is 11.2. The van der Waals surface area contributed by atoms with Gasteiger partial charge in [0.1, 0.15) is 11.5 Å². The highest BCUT2D eigenvalue weighted by Gasteiger charge is 2.13. The number of esters is 1. The van der Waals surface area contributed by atoms with Gasteiger partial charge in [-0.05, 0) is 37.3 Å². The second kappa shape index (κ2) is 6.70. The topological polar surface area (TPSA) is 61.5 Å². The number of nitrogens with two attached hydrogens (primary N) is 1. The van der Waals surface area contributed by atoms with Crippen LogP contribution in [0.25, 0.3) is 0 Å². The van der Waals surface area contributed by atoms with Crippen molar-refractivity contribution in [3.8, 4) is 11.5 Å². The summed E-state index contributed by atoms with van der Waals surface area (Å²) >= 11 is 11.9. The highest BCUT2D eigenvalue weighted by Crippen LogP contribution is 2.33. The Labute approximate surface area is 132 Å². The lowest BCUT2D eigenvalue weighted by molar-refractivity contribution is 0.0527. The first-order valence-electron chi connectivity index (χ1n) is 6.20. The van der Waals surface area contributed by atoms with Gasteiger partial charge in [0, 0.05) is 16.8 Å². The van der Waals surface area contributed by atoms with Crippen LogP contribution in [0.1, 0.15) is 17.3 Å². The number of ether oxygens (including phenoxy) is 2. The number of carbonyl (C=O) groups is 1. The lowest BCUT2D eigenvalue weighted by Crippen LogP contribution is -2.08. The third-order valence-corrected chi connectivity index (χ3v) is 3.19. The van der Waals surface area contributed by atoms with Crippen LogP contribution < -0.4 is 10.5 Å². The van der Waals surface area contributed by atoms with E-state index in [2.05, 4.69) is 0 Å². The van der Waals surface area contributed by atoms with E-state index in [1.54, 1.807) is 37.3 Å². The predicted octanol–water partition coefficient (Wildman–Crippen LogP) is 4.54. The van der Waals surface area contributed by atoms with Crippen LogP contribution in [0.4, 0.5) is 5.69 Å². The smallest absolute Gasteiger partial charge is 0.340 e. The van der Waals surface area contributed by atoms with Gasteiger partial charge >= 0.3 is 5.97 Å². The third-order valence-electron chi connectivity index (χ3n) is 2.64. The average molecular weight is 326 g/mol. The molecule has 0 aliphatic rings. The molecule has 0 radical (unpaired) electrons. The van der Waals surface area contributed by atoms with E-state index in [9.17, 15) is 4.79 Å². The van der Waals surface area contributed by atoms with Crippen molar-refractivity contribution in [2.75, 3.05) is 12.3 Å². The minimum atomic E-state index is -0.502. The molecule has 0 unspecified atom stereocenters. The van der Waals surface area contributed by atoms with Gasteiger partial charge < -0.3 is 15.2 Å². The molecule has 0 spiro atoms. The van der Waals surface area contributed by atoms with Crippen LogP contribution in [-0.2, 0) is 4.74 Å². The Morgan fingerprint density at radius 2 is 1.95 bits per heavy atom. The number of hydrogen-bond acceptors (Lipinski definition) is 4. The Balaban J connectivity index is 2.31. The van der Waals surface area contributed by atoms with E-state index in [4.69, 9.17) is 38.4 Å². The van der Waals surface area contributed by atoms with Gasteiger partial charge in [0.15, 0.2) is 0 Å². The summed E-state index contributed by atoms with van der Waals surface area (Å²) in [5.74, 6) is 0.304. The van der Waals surface area contributed by atoms with Crippen LogP contribution in [0.15, 0.2) is 36.4 Å². The SMILES string of the molecule is CCOC(=O)c1cc(Oc2cc(Cl)ccc2Cl)ccc1N. The summed E-state index contributed by atoms with van der Waals surface area (Å²) in [5.41, 5.74) is 6.33. The molecule has 2 aromatic rings. The van der Waals surface area contributed by atoms with Gasteiger partial charge in [-0.2, -0.15) is 0 Å². The molecule has 6 heteroatoms. The molecule has 2 rings (SSSR count). The Hall–Kier alpha value is -1.91. The standard InChI is InChI=1S/C15H13Cl2NO3/c1-2-20-15(19)11-8-10(4-6-13(11)18)21-14-7-9(16)3-5-12(14)17/h3-8H,2,18H2,1H3. The summed E-state index contributed by atoms with van der Waals surface area (Å²) in [6, 6.07) is 9.58. The Morgan fingerprint density at radius 1 is 1.19 bits per heavy atom. The lowest BCUT2D eigenvalue weighted by atomic mass is 10.1. The molecule has 0 aliphatic carbocycles. The first-order chi connectivity index (χ1) is 10.0. The van der Waals surface area contributed by atoms with Crippen LogP contribution in [0.5, 0.6) is 11.5 Å². The van der Waals surface area contributed by atoms with E-state index in [1.165, 1.54) is 6.07 Å². The van der Waals surface area contributed by atoms with E-state index in [0.717, 1.165) is 0 Å². The maximum Gasteiger partial charge on any atom is 0.340 e. The van der Waals surface area contributed by atoms with Gasteiger partial charge in [0.2, 0.25) is 0 Å². The number of rotatable bonds is 4. The van der Waals surface area contributed by atoms with E-state index in [0.29, 0.717) is 27.2 Å². The van der Waals surface area contributed by atoms with Crippen LogP contribution in [-0.4, -0.2) is 12.6 Å². The van der Waals surface area contributed by atoms with Gasteiger partial charge in [-0.15, -0.1) is 0 Å². The summed E-state index contributed by atoms with van der Waals surface area (Å²) < 4.78 is 10.6. The molecular formula is C15H13Cl2NO3. The molecule has 0 aromatic heterocycles. The average Bonchev–Trinajstić information content (AvgIpc) is 2.45. The molecular weight excluding hydrogens is 313 g/mol. The molecule has 0 saturated heterocycles. The van der Waals surface area contributed by atoms with Crippen molar-refractivity contribution in [2.24, 2.45) is 0 Å². The molecule has 0 heterocycles. The van der Waals surface area contributed by atoms with Gasteiger partial charge in [-0.3, -0.25) is 0 Å². The fourth-order valence-electron chi connectivity index (χ4n) is 1.67. The number of anilines is 1. The van der Waals surface area contributed by atoms with Crippen molar-refractivity contribution < 1.29 is 14.3 Å². The van der Waals surface area contributed by atoms with Crippen molar-refractivity contribution in [3.05, 3.63) is 52.0 Å². The van der Waals surface area contributed by atoms with E-state index < -0.39 is 5.97 Å². The summed E-state index contributed by atoms with van der Waals surface area (Å²) in [7, 11) is 0. The largest absolute Gasteiger partial charge is 0.462 e. The van der Waals surface area contributed by atoms with Crippen molar-refractivity contribution in [1.82, 2.24) is 0 Å². The van der Waals surface area contributed by atoms with E-state index in [-0.39, 0.29) is 12.2 Å². The van der Waals surface area contributed by atoms with Gasteiger partial charge in [-0.25, -0.2) is 4.79 Å². The van der Waals surface area contributed by atoms with Crippen LogP contribution in [0.2, 0.25) is 10.0 Å². The van der Waals surface area contributed by atoms with Crippen molar-refractivity contribution in [3.63, 3.8) is 0 Å². The summed E-state index contributed by atoms with van der Waals surface area (Å²) in [4.78, 5) is 11.8. The van der Waals surface area contributed by atoms with Gasteiger partial charge in [0.05, 0.1) is 17.2 Å². The molecule has 0 bridgehead atoms. The lowest BCUT2D eigenvalue weighted by Gasteiger charge is -2.11. The molecule has 2 aromatic carbocycles. The summed E-state index contributed by atoms with van der Waals surface area (Å²) in [5, 5.41) is 0.907. The molecule has 0 aliphatic heterocycles. The van der Waals surface area contributed by atoms with Crippen LogP contribution in [0, 0.1) is 0 Å². The first kappa shape index (κ1) is 15.5. The van der Waals surface area contributed by atoms with Crippen LogP contribution in [0.3, 0.4) is 0 Å². The van der Waals surface area contributed by atoms with Crippen molar-refractivity contribution in [1.29, 1.82) is 0 Å². The Kier molecular flexibility index (Phi) is 4.94. The molecule has 4 nitrogen and oxygen atoms in total. The zero-order valence-corrected chi connectivity index (χ0v) is 12.7. The maximum atomic E-state index is 11.8. The fraction of sp³-hybridized carbons (Fsp3) is 0.133. The van der Waals surface area contributed by atoms with E-state index in [1.807, 2.05) is 0 Å². The highest BCUT2D eigenvalue weighted by molar-refractivity contribution is 6.34. The number of carbonyl (C=O) groups excluding carboxylic acids is 1. The van der Waals surface area contributed by atoms with Gasteiger partial charge in [-0.1, -0.05) is 23.2 Å². The molecule has 0 atom stereocenters. The van der Waals surface area contributed by atoms with Crippen LogP contribution >= 0.6 is 23.2 Å². The number of benzene rings is 2. The van der Waals surface area contributed by atoms with E-state index >= 15 is 0 Å². The second-order valence-electron chi connectivity index (χ2n) is 4.15. The molecule has 0 amide bonds. The monoisotopic (exact) mass is 325 g/mol. The zero-order chi connectivity index (χ0) is 15.4. The first-order valence-corrected chi connectivity index (χ1v) is 6.96. The predicted molar refractivity (Wildman–Crippen MR) is 83.3 cm³/mol. The summed E-state index contributed by atoms with van der Waals surface area (Å²) in [6.07, 6.45) is 0. The quantitative estimate of drug-likeness (QED) is 0.662. The number of halogens is 2. The molecule has 21 heavy (non-hydrogen) atoms. The fourth-order valence-corrected chi connectivity index (χ4v) is 1.99. The molecule has 110 valence electrons. The minimum absolute atomic E-state index is 0.243. The molecule has 0 fully saturated rings. The summed E-state index contributed by atoms with van der Waals surface area (Å²) in [6.45, 7) is 1.99. The Bertz CT molecular complexity index is 674.